The van der Waals surface area contributed by atoms with E-state index >= 15 is 0 Å². The average Bonchev–Trinajstić information content (AvgIpc) is 2.70. The molecular formula is C22H27N3O2S. The second-order valence-electron chi connectivity index (χ2n) is 7.04. The molecule has 3 amide bonds. The van der Waals surface area contributed by atoms with Gasteiger partial charge in [0.2, 0.25) is 5.91 Å². The van der Waals surface area contributed by atoms with Crippen LogP contribution in [0, 0.1) is 6.92 Å². The summed E-state index contributed by atoms with van der Waals surface area (Å²) in [5, 5.41) is 5.82. The average molecular weight is 398 g/mol. The van der Waals surface area contributed by atoms with Gasteiger partial charge in [-0.3, -0.25) is 4.79 Å². The highest BCUT2D eigenvalue weighted by atomic mass is 32.2. The highest BCUT2D eigenvalue weighted by molar-refractivity contribution is 7.99. The molecule has 148 valence electrons. The fourth-order valence-corrected chi connectivity index (χ4v) is 4.22. The zero-order valence-electron chi connectivity index (χ0n) is 16.4. The van der Waals surface area contributed by atoms with Gasteiger partial charge in [0.05, 0.1) is 12.5 Å². The summed E-state index contributed by atoms with van der Waals surface area (Å²) < 4.78 is 0. The predicted octanol–water partition coefficient (Wildman–Crippen LogP) is 4.00. The van der Waals surface area contributed by atoms with Crippen molar-refractivity contribution in [3.63, 3.8) is 0 Å². The molecule has 0 aromatic heterocycles. The minimum atomic E-state index is -0.245. The van der Waals surface area contributed by atoms with Gasteiger partial charge in [-0.05, 0) is 42.7 Å². The molecule has 1 unspecified atom stereocenters. The summed E-state index contributed by atoms with van der Waals surface area (Å²) in [5.74, 6) is 2.21. The SMILES string of the molecule is Cc1ccccc1C(C)NC(=O)Nc1ccc(CC(=O)N2CCSCC2)cc1. The number of nitrogens with one attached hydrogen (secondary N) is 2. The Balaban J connectivity index is 1.51. The first-order chi connectivity index (χ1) is 13.5. The number of benzene rings is 2. The molecule has 0 aliphatic carbocycles. The second-order valence-corrected chi connectivity index (χ2v) is 8.27. The van der Waals surface area contributed by atoms with Crippen molar-refractivity contribution in [2.75, 3.05) is 29.9 Å². The standard InChI is InChI=1S/C22H27N3O2S/c1-16-5-3-4-6-20(16)17(2)23-22(27)24-19-9-7-18(8-10-19)15-21(26)25-11-13-28-14-12-25/h3-10,17H,11-15H2,1-2H3,(H2,23,24,27). The van der Waals surface area contributed by atoms with Crippen molar-refractivity contribution in [3.05, 3.63) is 65.2 Å². The number of amides is 3. The van der Waals surface area contributed by atoms with Crippen LogP contribution in [0.25, 0.3) is 0 Å². The fraction of sp³-hybridized carbons (Fsp3) is 0.364. The van der Waals surface area contributed by atoms with Crippen molar-refractivity contribution in [2.24, 2.45) is 0 Å². The minimum absolute atomic E-state index is 0.0826. The van der Waals surface area contributed by atoms with E-state index in [9.17, 15) is 9.59 Å². The third-order valence-corrected chi connectivity index (χ3v) is 5.88. The van der Waals surface area contributed by atoms with Gasteiger partial charge in [0, 0.05) is 30.3 Å². The fourth-order valence-electron chi connectivity index (χ4n) is 3.32. The molecular weight excluding hydrogens is 370 g/mol. The third kappa shape index (κ3) is 5.52. The molecule has 1 aliphatic heterocycles. The van der Waals surface area contributed by atoms with Crippen LogP contribution >= 0.6 is 11.8 Å². The van der Waals surface area contributed by atoms with Gasteiger partial charge in [-0.25, -0.2) is 4.79 Å². The lowest BCUT2D eigenvalue weighted by atomic mass is 10.0. The monoisotopic (exact) mass is 397 g/mol. The van der Waals surface area contributed by atoms with Gasteiger partial charge in [0.15, 0.2) is 0 Å². The maximum atomic E-state index is 12.4. The van der Waals surface area contributed by atoms with Crippen LogP contribution in [0.2, 0.25) is 0 Å². The van der Waals surface area contributed by atoms with E-state index in [1.807, 2.05) is 79.0 Å². The summed E-state index contributed by atoms with van der Waals surface area (Å²) in [7, 11) is 0. The Morgan fingerprint density at radius 1 is 1.07 bits per heavy atom. The van der Waals surface area contributed by atoms with E-state index in [1.54, 1.807) is 0 Å². The number of aryl methyl sites for hydroxylation is 1. The molecule has 0 radical (unpaired) electrons. The number of hydrogen-bond acceptors (Lipinski definition) is 3. The zero-order chi connectivity index (χ0) is 19.9. The third-order valence-electron chi connectivity index (χ3n) is 4.93. The summed E-state index contributed by atoms with van der Waals surface area (Å²) in [6.07, 6.45) is 0.404. The number of urea groups is 1. The van der Waals surface area contributed by atoms with Crippen LogP contribution in [0.4, 0.5) is 10.5 Å². The zero-order valence-corrected chi connectivity index (χ0v) is 17.2. The van der Waals surface area contributed by atoms with Crippen LogP contribution in [-0.2, 0) is 11.2 Å². The molecule has 1 fully saturated rings. The molecule has 0 saturated carbocycles. The van der Waals surface area contributed by atoms with Crippen LogP contribution in [0.5, 0.6) is 0 Å². The molecule has 28 heavy (non-hydrogen) atoms. The van der Waals surface area contributed by atoms with E-state index in [1.165, 1.54) is 0 Å². The molecule has 6 heteroatoms. The van der Waals surface area contributed by atoms with Crippen molar-refractivity contribution in [1.82, 2.24) is 10.2 Å². The van der Waals surface area contributed by atoms with E-state index in [-0.39, 0.29) is 18.0 Å². The summed E-state index contributed by atoms with van der Waals surface area (Å²) in [5.41, 5.74) is 3.92. The quantitative estimate of drug-likeness (QED) is 0.802. The van der Waals surface area contributed by atoms with Crippen LogP contribution in [0.3, 0.4) is 0 Å². The molecule has 5 nitrogen and oxygen atoms in total. The van der Waals surface area contributed by atoms with Gasteiger partial charge in [-0.2, -0.15) is 11.8 Å². The van der Waals surface area contributed by atoms with Crippen molar-refractivity contribution in [2.45, 2.75) is 26.3 Å². The molecule has 0 spiro atoms. The van der Waals surface area contributed by atoms with Crippen molar-refractivity contribution in [1.29, 1.82) is 0 Å². The van der Waals surface area contributed by atoms with E-state index in [4.69, 9.17) is 0 Å². The Bertz CT molecular complexity index is 817. The van der Waals surface area contributed by atoms with Crippen molar-refractivity contribution >= 4 is 29.4 Å². The number of anilines is 1. The first-order valence-corrected chi connectivity index (χ1v) is 10.8. The number of thioether (sulfide) groups is 1. The van der Waals surface area contributed by atoms with Crippen LogP contribution < -0.4 is 10.6 Å². The molecule has 1 atom stereocenters. The van der Waals surface area contributed by atoms with Crippen LogP contribution in [-0.4, -0.2) is 41.4 Å². The number of carbonyl (C=O) groups is 2. The molecule has 1 heterocycles. The van der Waals surface area contributed by atoms with Crippen LogP contribution in [0.1, 0.15) is 29.7 Å². The van der Waals surface area contributed by atoms with Gasteiger partial charge in [-0.1, -0.05) is 36.4 Å². The lowest BCUT2D eigenvalue weighted by Crippen LogP contribution is -2.38. The first kappa shape index (κ1) is 20.3. The first-order valence-electron chi connectivity index (χ1n) is 9.60. The summed E-state index contributed by atoms with van der Waals surface area (Å²) in [6, 6.07) is 15.2. The molecule has 0 bridgehead atoms. The Kier molecular flexibility index (Phi) is 6.98. The Hall–Kier alpha value is -2.47. The molecule has 2 aromatic rings. The number of carbonyl (C=O) groups excluding carboxylic acids is 2. The van der Waals surface area contributed by atoms with E-state index in [0.717, 1.165) is 41.3 Å². The maximum absolute atomic E-state index is 12.4. The van der Waals surface area contributed by atoms with Gasteiger partial charge in [0.1, 0.15) is 0 Å². The van der Waals surface area contributed by atoms with E-state index in [2.05, 4.69) is 10.6 Å². The molecule has 2 aromatic carbocycles. The largest absolute Gasteiger partial charge is 0.341 e. The molecule has 1 aliphatic rings. The summed E-state index contributed by atoms with van der Waals surface area (Å²) in [6.45, 7) is 5.68. The van der Waals surface area contributed by atoms with E-state index < -0.39 is 0 Å². The smallest absolute Gasteiger partial charge is 0.319 e. The van der Waals surface area contributed by atoms with Crippen molar-refractivity contribution in [3.8, 4) is 0 Å². The second kappa shape index (κ2) is 9.64. The number of rotatable bonds is 5. The predicted molar refractivity (Wildman–Crippen MR) is 116 cm³/mol. The van der Waals surface area contributed by atoms with Crippen molar-refractivity contribution < 1.29 is 9.59 Å². The minimum Gasteiger partial charge on any atom is -0.341 e. The van der Waals surface area contributed by atoms with E-state index in [0.29, 0.717) is 12.1 Å². The highest BCUT2D eigenvalue weighted by Gasteiger charge is 2.17. The lowest BCUT2D eigenvalue weighted by Gasteiger charge is -2.26. The Labute approximate surface area is 170 Å². The maximum Gasteiger partial charge on any atom is 0.319 e. The van der Waals surface area contributed by atoms with Gasteiger partial charge >= 0.3 is 6.03 Å². The molecule has 3 rings (SSSR count). The topological polar surface area (TPSA) is 61.4 Å². The summed E-state index contributed by atoms with van der Waals surface area (Å²) >= 11 is 1.89. The summed E-state index contributed by atoms with van der Waals surface area (Å²) in [4.78, 5) is 26.6. The highest BCUT2D eigenvalue weighted by Crippen LogP contribution is 2.17. The normalized spacial score (nSPS) is 15.0. The van der Waals surface area contributed by atoms with Gasteiger partial charge < -0.3 is 15.5 Å². The van der Waals surface area contributed by atoms with Gasteiger partial charge in [-0.15, -0.1) is 0 Å². The molecule has 1 saturated heterocycles. The lowest BCUT2D eigenvalue weighted by molar-refractivity contribution is -0.130. The number of hydrogen-bond donors (Lipinski definition) is 2. The molecule has 2 N–H and O–H groups in total. The Morgan fingerprint density at radius 2 is 1.75 bits per heavy atom. The van der Waals surface area contributed by atoms with Gasteiger partial charge in [0.25, 0.3) is 0 Å². The van der Waals surface area contributed by atoms with Crippen LogP contribution in [0.15, 0.2) is 48.5 Å². The number of nitrogens with zero attached hydrogens (tertiary/aromatic N) is 1. The Morgan fingerprint density at radius 3 is 2.43 bits per heavy atom.